The van der Waals surface area contributed by atoms with Crippen LogP contribution in [0.1, 0.15) is 0 Å². The topological polar surface area (TPSA) is 189 Å². The zero-order valence-corrected chi connectivity index (χ0v) is 15.0. The highest BCUT2D eigenvalue weighted by molar-refractivity contribution is 7.86. The van der Waals surface area contributed by atoms with Crippen LogP contribution in [0.4, 0.5) is 11.4 Å². The molecule has 0 spiro atoms. The van der Waals surface area contributed by atoms with E-state index in [9.17, 15) is 25.3 Å². The number of nitrogens with zero attached hydrogens (tertiary/aromatic N) is 1. The summed E-state index contributed by atoms with van der Waals surface area (Å²) in [5, 5.41) is 0. The number of hydrogen-bond acceptors (Lipinski definition) is 7. The first kappa shape index (κ1) is 20.1. The molecular weight excluding hydrogens is 412 g/mol. The third-order valence-electron chi connectivity index (χ3n) is 2.96. The van der Waals surface area contributed by atoms with E-state index >= 15 is 0 Å². The molecule has 0 aromatic heterocycles. The van der Waals surface area contributed by atoms with Gasteiger partial charge in [0.05, 0.1) is 15.5 Å². The van der Waals surface area contributed by atoms with Gasteiger partial charge in [-0.2, -0.15) is 30.7 Å². The van der Waals surface area contributed by atoms with Gasteiger partial charge in [0.15, 0.2) is 0 Å². The highest BCUT2D eigenvalue weighted by Crippen LogP contribution is 2.25. The number of nitrogens with one attached hydrogen (secondary N) is 1. The number of hydrogen-bond donors (Lipinski definition) is 4. The maximum absolute atomic E-state index is 11.3. The normalized spacial score (nSPS) is 12.6. The highest BCUT2D eigenvalue weighted by Gasteiger charge is 2.20. The van der Waals surface area contributed by atoms with Gasteiger partial charge in [0, 0.05) is 0 Å². The lowest BCUT2D eigenvalue weighted by atomic mass is 10.3. The summed E-state index contributed by atoms with van der Waals surface area (Å²) in [6.07, 6.45) is 0. The summed E-state index contributed by atoms with van der Waals surface area (Å²) in [6.45, 7) is 0. The summed E-state index contributed by atoms with van der Waals surface area (Å²) in [6, 6.07) is 6.65. The first-order chi connectivity index (χ1) is 11.8. The zero-order chi connectivity index (χ0) is 19.8. The Morgan fingerprint density at radius 3 is 1.65 bits per heavy atom. The first-order valence-electron chi connectivity index (χ1n) is 6.42. The van der Waals surface area contributed by atoms with E-state index in [1.807, 2.05) is 0 Å². The van der Waals surface area contributed by atoms with Gasteiger partial charge in [-0.3, -0.25) is 19.1 Å². The van der Waals surface area contributed by atoms with Gasteiger partial charge >= 0.3 is 0 Å². The van der Waals surface area contributed by atoms with Gasteiger partial charge < -0.3 is 0 Å². The van der Waals surface area contributed by atoms with Crippen LogP contribution in [0.25, 0.3) is 0 Å². The lowest BCUT2D eigenvalue weighted by Gasteiger charge is -2.11. The van der Waals surface area contributed by atoms with E-state index in [2.05, 4.69) is 10.9 Å². The van der Waals surface area contributed by atoms with E-state index in [4.69, 9.17) is 13.7 Å². The molecule has 2 aromatic carbocycles. The average Bonchev–Trinajstić information content (AvgIpc) is 2.50. The van der Waals surface area contributed by atoms with E-state index < -0.39 is 50.7 Å². The van der Waals surface area contributed by atoms with Crippen LogP contribution in [-0.4, -0.2) is 38.9 Å². The summed E-state index contributed by atoms with van der Waals surface area (Å²) in [5.74, 6) is 0. The molecule has 0 amide bonds. The number of rotatable bonds is 6. The molecule has 2 rings (SSSR count). The highest BCUT2D eigenvalue weighted by atomic mass is 32.2. The molecule has 0 saturated heterocycles. The molecule has 0 atom stereocenters. The Bertz CT molecular complexity index is 1140. The fourth-order valence-corrected chi connectivity index (χ4v) is 3.38. The minimum atomic E-state index is -4.75. The van der Waals surface area contributed by atoms with Gasteiger partial charge in [-0.15, -0.1) is 0 Å². The smallest absolute Gasteiger partial charge is 0.282 e. The second-order valence-electron chi connectivity index (χ2n) is 4.80. The standard InChI is InChI=1S/C12H11N2O9S3/c15-24(16,17)9-3-1-8(2-4-9)13-14-11-7-10(25(18,19)20)5-6-12(11)26(21,22)23/h1-7,13H,(H,15,16,17)(H,18,19,20)(H,21,22,23). The van der Waals surface area contributed by atoms with Gasteiger partial charge in [0.1, 0.15) is 10.6 Å². The van der Waals surface area contributed by atoms with Crippen LogP contribution in [0, 0.1) is 0 Å². The molecule has 11 nitrogen and oxygen atoms in total. The summed E-state index contributed by atoms with van der Waals surface area (Å²) in [5.41, 5.74) is 5.58. The van der Waals surface area contributed by atoms with E-state index in [-0.39, 0.29) is 5.69 Å². The molecule has 0 saturated carbocycles. The summed E-state index contributed by atoms with van der Waals surface area (Å²) in [4.78, 5) is -1.78. The molecule has 1 radical (unpaired) electrons. The van der Waals surface area contributed by atoms with Gasteiger partial charge in [-0.05, 0) is 42.5 Å². The average molecular weight is 423 g/mol. The van der Waals surface area contributed by atoms with Gasteiger partial charge in [0.2, 0.25) is 0 Å². The molecule has 0 aliphatic carbocycles. The maximum Gasteiger partial charge on any atom is 0.296 e. The minimum absolute atomic E-state index is 0.149. The van der Waals surface area contributed by atoms with Gasteiger partial charge in [-0.1, -0.05) is 0 Å². The fourth-order valence-electron chi connectivity index (χ4n) is 1.79. The second kappa shape index (κ2) is 6.82. The molecule has 0 aliphatic heterocycles. The van der Waals surface area contributed by atoms with Crippen LogP contribution in [0.2, 0.25) is 0 Å². The molecule has 14 heteroatoms. The SMILES string of the molecule is O=S(=O)(O)c1ccc(N[N]c2cc(S(=O)(=O)O)ccc2S(=O)(=O)O)cc1. The Morgan fingerprint density at radius 1 is 0.692 bits per heavy atom. The molecule has 0 unspecified atom stereocenters. The molecule has 2 aromatic rings. The van der Waals surface area contributed by atoms with Crippen molar-refractivity contribution in [2.24, 2.45) is 0 Å². The summed E-state index contributed by atoms with van der Waals surface area (Å²) >= 11 is 0. The van der Waals surface area contributed by atoms with Crippen molar-refractivity contribution >= 4 is 41.7 Å². The van der Waals surface area contributed by atoms with Crippen molar-refractivity contribution in [3.05, 3.63) is 42.5 Å². The fraction of sp³-hybridized carbons (Fsp3) is 0. The monoisotopic (exact) mass is 423 g/mol. The van der Waals surface area contributed by atoms with Crippen molar-refractivity contribution in [2.45, 2.75) is 14.7 Å². The van der Waals surface area contributed by atoms with Gasteiger partial charge in [0.25, 0.3) is 30.4 Å². The maximum atomic E-state index is 11.3. The predicted octanol–water partition coefficient (Wildman–Crippen LogP) is 0.690. The number of anilines is 1. The van der Waals surface area contributed by atoms with Crippen molar-refractivity contribution in [3.63, 3.8) is 0 Å². The summed E-state index contributed by atoms with van der Waals surface area (Å²) < 4.78 is 93.9. The summed E-state index contributed by atoms with van der Waals surface area (Å²) in [7, 11) is -13.8. The second-order valence-corrected chi connectivity index (χ2v) is 9.04. The Hall–Kier alpha value is -2.23. The van der Waals surface area contributed by atoms with Gasteiger partial charge in [-0.25, -0.2) is 0 Å². The Morgan fingerprint density at radius 2 is 1.19 bits per heavy atom. The van der Waals surface area contributed by atoms with E-state index in [1.54, 1.807) is 0 Å². The predicted molar refractivity (Wildman–Crippen MR) is 87.7 cm³/mol. The minimum Gasteiger partial charge on any atom is -0.282 e. The largest absolute Gasteiger partial charge is 0.296 e. The lowest BCUT2D eigenvalue weighted by Crippen LogP contribution is -2.13. The lowest BCUT2D eigenvalue weighted by molar-refractivity contribution is 0.478. The molecule has 4 N–H and O–H groups in total. The molecule has 141 valence electrons. The van der Waals surface area contributed by atoms with Crippen molar-refractivity contribution in [3.8, 4) is 0 Å². The Balaban J connectivity index is 2.36. The van der Waals surface area contributed by atoms with Crippen molar-refractivity contribution in [1.82, 2.24) is 5.43 Å². The third kappa shape index (κ3) is 4.90. The van der Waals surface area contributed by atoms with Crippen LogP contribution >= 0.6 is 0 Å². The molecule has 0 aliphatic rings. The number of benzene rings is 2. The molecule has 0 fully saturated rings. The van der Waals surface area contributed by atoms with E-state index in [1.165, 1.54) is 12.1 Å². The quantitative estimate of drug-likeness (QED) is 0.380. The van der Waals surface area contributed by atoms with Crippen LogP contribution in [0.5, 0.6) is 0 Å². The van der Waals surface area contributed by atoms with Crippen molar-refractivity contribution < 1.29 is 38.9 Å². The van der Waals surface area contributed by atoms with Crippen LogP contribution in [0.3, 0.4) is 0 Å². The van der Waals surface area contributed by atoms with Crippen molar-refractivity contribution in [1.29, 1.82) is 0 Å². The van der Waals surface area contributed by atoms with E-state index in [0.717, 1.165) is 24.3 Å². The molecular formula is C12H11N2O9S3. The van der Waals surface area contributed by atoms with Crippen molar-refractivity contribution in [2.75, 3.05) is 5.43 Å². The Labute approximate surface area is 148 Å². The molecule has 0 bridgehead atoms. The third-order valence-corrected chi connectivity index (χ3v) is 5.58. The molecule has 0 heterocycles. The van der Waals surface area contributed by atoms with E-state index in [0.29, 0.717) is 6.07 Å². The van der Waals surface area contributed by atoms with Crippen LogP contribution in [-0.2, 0) is 30.4 Å². The Kier molecular flexibility index (Phi) is 5.27. The van der Waals surface area contributed by atoms with Crippen LogP contribution in [0.15, 0.2) is 57.2 Å². The first-order valence-corrected chi connectivity index (χ1v) is 10.7. The van der Waals surface area contributed by atoms with Crippen LogP contribution < -0.4 is 10.9 Å². The zero-order valence-electron chi connectivity index (χ0n) is 12.5. The molecule has 26 heavy (non-hydrogen) atoms.